The van der Waals surface area contributed by atoms with Gasteiger partial charge in [0.15, 0.2) is 6.29 Å². The van der Waals surface area contributed by atoms with E-state index >= 15 is 0 Å². The van der Waals surface area contributed by atoms with E-state index in [1.807, 2.05) is 0 Å². The first-order valence-corrected chi connectivity index (χ1v) is 3.45. The summed E-state index contributed by atoms with van der Waals surface area (Å²) in [7, 11) is 0. The minimum Gasteiger partial charge on any atom is -0.394 e. The predicted molar refractivity (Wildman–Crippen MR) is 34.6 cm³/mol. The van der Waals surface area contributed by atoms with Crippen LogP contribution < -0.4 is 0 Å². The van der Waals surface area contributed by atoms with Gasteiger partial charge in [0.1, 0.15) is 12.2 Å². The van der Waals surface area contributed by atoms with Gasteiger partial charge in [-0.25, -0.2) is 0 Å². The van der Waals surface area contributed by atoms with Crippen LogP contribution in [0.15, 0.2) is 0 Å². The molecule has 1 heterocycles. The van der Waals surface area contributed by atoms with Crippen molar-refractivity contribution in [2.45, 2.75) is 31.0 Å². The third-order valence-corrected chi connectivity index (χ3v) is 1.74. The number of aliphatic hydroxyl groups is 4. The molecule has 1 saturated heterocycles. The van der Waals surface area contributed by atoms with Crippen molar-refractivity contribution in [1.29, 1.82) is 0 Å². The summed E-state index contributed by atoms with van der Waals surface area (Å²) >= 11 is 0. The Morgan fingerprint density at radius 1 is 1.18 bits per heavy atom. The molecule has 4 N–H and O–H groups in total. The number of rotatable bonds is 1. The summed E-state index contributed by atoms with van der Waals surface area (Å²) in [5.41, 5.74) is 0. The Morgan fingerprint density at radius 2 is 1.82 bits per heavy atom. The third-order valence-electron chi connectivity index (χ3n) is 1.74. The van der Waals surface area contributed by atoms with E-state index in [0.717, 1.165) is 0 Å². The summed E-state index contributed by atoms with van der Waals surface area (Å²) in [6.07, 6.45) is -4.01. The molecule has 0 aromatic heterocycles. The lowest BCUT2D eigenvalue weighted by Crippen LogP contribution is -2.48. The average Bonchev–Trinajstić information content (AvgIpc) is 1.97. The number of hydrogen-bond donors (Lipinski definition) is 4. The van der Waals surface area contributed by atoms with Crippen molar-refractivity contribution in [3.05, 3.63) is 0 Å². The predicted octanol–water partition coefficient (Wildman–Crippen LogP) is -2.19. The van der Waals surface area contributed by atoms with E-state index in [4.69, 9.17) is 20.4 Å². The Kier molecular flexibility index (Phi) is 2.80. The Labute approximate surface area is 63.8 Å². The molecule has 5 nitrogen and oxygen atoms in total. The lowest BCUT2D eigenvalue weighted by atomic mass is 10.0. The summed E-state index contributed by atoms with van der Waals surface area (Å²) in [6.45, 7) is -0.356. The van der Waals surface area contributed by atoms with Gasteiger partial charge in [-0.05, 0) is 0 Å². The highest BCUT2D eigenvalue weighted by Gasteiger charge is 2.34. The molecule has 0 bridgehead atoms. The van der Waals surface area contributed by atoms with Gasteiger partial charge >= 0.3 is 0 Å². The molecule has 0 saturated carbocycles. The first-order valence-electron chi connectivity index (χ1n) is 3.45. The van der Waals surface area contributed by atoms with Gasteiger partial charge in [0.25, 0.3) is 0 Å². The molecule has 0 aromatic carbocycles. The average molecular weight is 164 g/mol. The van der Waals surface area contributed by atoms with Crippen LogP contribution in [-0.2, 0) is 4.74 Å². The molecule has 1 aliphatic rings. The number of aliphatic hydroxyl groups excluding tert-OH is 4. The van der Waals surface area contributed by atoms with Gasteiger partial charge in [0, 0.05) is 6.42 Å². The second-order valence-electron chi connectivity index (χ2n) is 2.62. The highest BCUT2D eigenvalue weighted by molar-refractivity contribution is 4.79. The maximum absolute atomic E-state index is 9.10. The van der Waals surface area contributed by atoms with Gasteiger partial charge in [0.05, 0.1) is 12.7 Å². The van der Waals surface area contributed by atoms with E-state index in [9.17, 15) is 0 Å². The maximum Gasteiger partial charge on any atom is 0.181 e. The van der Waals surface area contributed by atoms with Gasteiger partial charge < -0.3 is 25.2 Å². The molecule has 11 heavy (non-hydrogen) atoms. The molecule has 5 heteroatoms. The van der Waals surface area contributed by atoms with Crippen molar-refractivity contribution in [3.8, 4) is 0 Å². The molecule has 0 aromatic rings. The fourth-order valence-electron chi connectivity index (χ4n) is 1.04. The first-order chi connectivity index (χ1) is 5.15. The molecule has 0 aliphatic carbocycles. The highest BCUT2D eigenvalue weighted by atomic mass is 16.6. The molecular weight excluding hydrogens is 152 g/mol. The molecule has 1 aliphatic heterocycles. The van der Waals surface area contributed by atoms with E-state index in [2.05, 4.69) is 4.74 Å². The van der Waals surface area contributed by atoms with E-state index in [0.29, 0.717) is 0 Å². The van der Waals surface area contributed by atoms with Crippen LogP contribution in [0.2, 0.25) is 0 Å². The Balaban J connectivity index is 2.48. The van der Waals surface area contributed by atoms with Gasteiger partial charge in [-0.3, -0.25) is 0 Å². The lowest BCUT2D eigenvalue weighted by Gasteiger charge is -2.33. The van der Waals surface area contributed by atoms with Gasteiger partial charge in [0.2, 0.25) is 0 Å². The topological polar surface area (TPSA) is 90.2 Å². The first kappa shape index (κ1) is 8.89. The molecule has 4 atom stereocenters. The molecule has 1 rings (SSSR count). The third kappa shape index (κ3) is 1.88. The zero-order valence-electron chi connectivity index (χ0n) is 5.92. The minimum absolute atomic E-state index is 0.0341. The Morgan fingerprint density at radius 3 is 2.36 bits per heavy atom. The van der Waals surface area contributed by atoms with Crippen LogP contribution in [-0.4, -0.2) is 51.6 Å². The standard InChI is InChI=1S/C6H12O5/c7-2-5-3(8)1-4(9)6(10)11-5/h3-10H,1-2H2/t3-,4+,5+,6+/m0/s1. The maximum atomic E-state index is 9.10. The zero-order chi connectivity index (χ0) is 8.43. The van der Waals surface area contributed by atoms with Gasteiger partial charge in [-0.1, -0.05) is 0 Å². The van der Waals surface area contributed by atoms with Crippen LogP contribution >= 0.6 is 0 Å². The lowest BCUT2D eigenvalue weighted by molar-refractivity contribution is -0.251. The second-order valence-corrected chi connectivity index (χ2v) is 2.62. The van der Waals surface area contributed by atoms with Crippen LogP contribution in [0.1, 0.15) is 6.42 Å². The van der Waals surface area contributed by atoms with Crippen molar-refractivity contribution in [3.63, 3.8) is 0 Å². The highest BCUT2D eigenvalue weighted by Crippen LogP contribution is 2.18. The normalized spacial score (nSPS) is 45.8. The number of ether oxygens (including phenoxy) is 1. The monoisotopic (exact) mass is 164 g/mol. The Bertz CT molecular complexity index is 128. The summed E-state index contributed by atoms with van der Waals surface area (Å²) < 4.78 is 4.67. The molecule has 0 amide bonds. The summed E-state index contributed by atoms with van der Waals surface area (Å²) in [6, 6.07) is 0. The summed E-state index contributed by atoms with van der Waals surface area (Å²) in [4.78, 5) is 0. The van der Waals surface area contributed by atoms with E-state index in [-0.39, 0.29) is 13.0 Å². The number of hydrogen-bond acceptors (Lipinski definition) is 5. The van der Waals surface area contributed by atoms with Crippen molar-refractivity contribution < 1.29 is 25.2 Å². The molecular formula is C6H12O5. The molecule has 0 spiro atoms. The quantitative estimate of drug-likeness (QED) is 0.353. The molecule has 1 fully saturated rings. The minimum atomic E-state index is -1.30. The SMILES string of the molecule is OC[C@H]1O[C@@H](O)[C@H](O)C[C@@H]1O. The van der Waals surface area contributed by atoms with Crippen molar-refractivity contribution >= 4 is 0 Å². The van der Waals surface area contributed by atoms with Crippen LogP contribution in [0.3, 0.4) is 0 Å². The van der Waals surface area contributed by atoms with Crippen molar-refractivity contribution in [2.75, 3.05) is 6.61 Å². The molecule has 0 unspecified atom stereocenters. The van der Waals surface area contributed by atoms with Crippen molar-refractivity contribution in [1.82, 2.24) is 0 Å². The fraction of sp³-hybridized carbons (Fsp3) is 1.00. The largest absolute Gasteiger partial charge is 0.394 e. The zero-order valence-corrected chi connectivity index (χ0v) is 5.92. The van der Waals surface area contributed by atoms with Crippen molar-refractivity contribution in [2.24, 2.45) is 0 Å². The summed E-state index contributed by atoms with van der Waals surface area (Å²) in [5, 5.41) is 35.5. The Hall–Kier alpha value is -0.200. The van der Waals surface area contributed by atoms with E-state index in [1.54, 1.807) is 0 Å². The van der Waals surface area contributed by atoms with Crippen LogP contribution in [0.5, 0.6) is 0 Å². The second kappa shape index (κ2) is 3.46. The molecule has 66 valence electrons. The van der Waals surface area contributed by atoms with Crippen LogP contribution in [0.25, 0.3) is 0 Å². The smallest absolute Gasteiger partial charge is 0.181 e. The van der Waals surface area contributed by atoms with Gasteiger partial charge in [-0.2, -0.15) is 0 Å². The van der Waals surface area contributed by atoms with Crippen LogP contribution in [0, 0.1) is 0 Å². The van der Waals surface area contributed by atoms with Crippen LogP contribution in [0.4, 0.5) is 0 Å². The van der Waals surface area contributed by atoms with E-state index < -0.39 is 24.6 Å². The summed E-state index contributed by atoms with van der Waals surface area (Å²) in [5.74, 6) is 0. The van der Waals surface area contributed by atoms with E-state index in [1.165, 1.54) is 0 Å². The van der Waals surface area contributed by atoms with Gasteiger partial charge in [-0.15, -0.1) is 0 Å². The fourth-order valence-corrected chi connectivity index (χ4v) is 1.04. The molecule has 0 radical (unpaired) electrons.